The van der Waals surface area contributed by atoms with E-state index in [1.54, 1.807) is 6.08 Å². The highest BCUT2D eigenvalue weighted by atomic mass is 14.0. The average molecular weight is 220 g/mol. The van der Waals surface area contributed by atoms with E-state index in [1.165, 1.54) is 11.1 Å². The molecular weight excluding hydrogens is 192 g/mol. The topological polar surface area (TPSA) is 0 Å². The highest BCUT2D eigenvalue weighted by Gasteiger charge is 1.93. The molecule has 0 radical (unpaired) electrons. The second-order valence-electron chi connectivity index (χ2n) is 2.63. The summed E-state index contributed by atoms with van der Waals surface area (Å²) >= 11 is 0. The standard InChI is InChI=1S/C13H18.C2H6.CH4/c1-5-9-11-13(10-6-2)12(7-3)8-4;1-2;/h5-7,9-11H,1,3,8H2,2,4H3;1-2H3;1H4/b10-6-,11-9-,13-12-;;. The molecule has 0 N–H and O–H groups in total. The lowest BCUT2D eigenvalue weighted by Crippen LogP contribution is -1.81. The zero-order valence-corrected chi connectivity index (χ0v) is 10.6. The molecule has 0 rings (SSSR count). The molecule has 0 saturated carbocycles. The van der Waals surface area contributed by atoms with Crippen molar-refractivity contribution in [3.63, 3.8) is 0 Å². The SMILES string of the molecule is C.C=C\C=C/C(/C=C\C)=C(/C=C)CC.CC. The molecule has 0 spiro atoms. The number of rotatable bonds is 5. The maximum atomic E-state index is 3.79. The Bertz CT molecular complexity index is 249. The molecule has 16 heavy (non-hydrogen) atoms. The summed E-state index contributed by atoms with van der Waals surface area (Å²) in [5, 5.41) is 0. The fraction of sp³-hybridized carbons (Fsp3) is 0.375. The van der Waals surface area contributed by atoms with Gasteiger partial charge in [0.25, 0.3) is 0 Å². The fourth-order valence-corrected chi connectivity index (χ4v) is 1.09. The maximum Gasteiger partial charge on any atom is -0.0228 e. The fourth-order valence-electron chi connectivity index (χ4n) is 1.09. The van der Waals surface area contributed by atoms with Gasteiger partial charge in [0, 0.05) is 0 Å². The molecule has 0 aliphatic carbocycles. The van der Waals surface area contributed by atoms with E-state index in [0.717, 1.165) is 6.42 Å². The molecule has 0 unspecified atom stereocenters. The normalized spacial score (nSPS) is 11.2. The molecule has 0 aliphatic heterocycles. The van der Waals surface area contributed by atoms with Gasteiger partial charge < -0.3 is 0 Å². The minimum Gasteiger partial charge on any atom is -0.0991 e. The first-order valence-corrected chi connectivity index (χ1v) is 5.57. The Labute approximate surface area is 103 Å². The first-order chi connectivity index (χ1) is 7.29. The summed E-state index contributed by atoms with van der Waals surface area (Å²) in [7, 11) is 0. The van der Waals surface area contributed by atoms with Gasteiger partial charge in [-0.1, -0.05) is 77.8 Å². The van der Waals surface area contributed by atoms with E-state index in [0.29, 0.717) is 0 Å². The summed E-state index contributed by atoms with van der Waals surface area (Å²) in [6.45, 7) is 15.6. The summed E-state index contributed by atoms with van der Waals surface area (Å²) in [5.74, 6) is 0. The second-order valence-corrected chi connectivity index (χ2v) is 2.63. The lowest BCUT2D eigenvalue weighted by molar-refractivity contribution is 1.13. The Morgan fingerprint density at radius 1 is 1.12 bits per heavy atom. The molecule has 0 aromatic heterocycles. The summed E-state index contributed by atoms with van der Waals surface area (Å²) in [6.07, 6.45) is 12.8. The van der Waals surface area contributed by atoms with E-state index in [9.17, 15) is 0 Å². The molecule has 0 saturated heterocycles. The van der Waals surface area contributed by atoms with Gasteiger partial charge in [-0.05, 0) is 24.5 Å². The monoisotopic (exact) mass is 220 g/mol. The Hall–Kier alpha value is -1.30. The van der Waals surface area contributed by atoms with E-state index in [2.05, 4.69) is 26.2 Å². The van der Waals surface area contributed by atoms with Crippen LogP contribution in [0.1, 0.15) is 41.5 Å². The molecule has 0 bridgehead atoms. The zero-order valence-electron chi connectivity index (χ0n) is 10.6. The third kappa shape index (κ3) is 9.26. The molecule has 0 atom stereocenters. The van der Waals surface area contributed by atoms with E-state index < -0.39 is 0 Å². The molecule has 0 heterocycles. The maximum absolute atomic E-state index is 3.79. The predicted molar refractivity (Wildman–Crippen MR) is 79.7 cm³/mol. The van der Waals surface area contributed by atoms with Crippen molar-refractivity contribution in [2.24, 2.45) is 0 Å². The van der Waals surface area contributed by atoms with Gasteiger partial charge in [0.05, 0.1) is 0 Å². The predicted octanol–water partition coefficient (Wildman–Crippen LogP) is 5.86. The first-order valence-electron chi connectivity index (χ1n) is 5.57. The Morgan fingerprint density at radius 2 is 1.69 bits per heavy atom. The van der Waals surface area contributed by atoms with Gasteiger partial charge in [0.1, 0.15) is 0 Å². The van der Waals surface area contributed by atoms with Gasteiger partial charge in [0.2, 0.25) is 0 Å². The van der Waals surface area contributed by atoms with Crippen LogP contribution in [0.15, 0.2) is 60.8 Å². The quantitative estimate of drug-likeness (QED) is 0.509. The van der Waals surface area contributed by atoms with Crippen molar-refractivity contribution in [2.75, 3.05) is 0 Å². The van der Waals surface area contributed by atoms with Crippen molar-refractivity contribution >= 4 is 0 Å². The summed E-state index contributed by atoms with van der Waals surface area (Å²) in [6, 6.07) is 0. The Morgan fingerprint density at radius 3 is 2.00 bits per heavy atom. The van der Waals surface area contributed by atoms with Crippen LogP contribution in [0.25, 0.3) is 0 Å². The molecule has 0 aromatic carbocycles. The number of hydrogen-bond acceptors (Lipinski definition) is 0. The third-order valence-corrected chi connectivity index (χ3v) is 1.76. The molecule has 0 amide bonds. The van der Waals surface area contributed by atoms with E-state index in [-0.39, 0.29) is 7.43 Å². The van der Waals surface area contributed by atoms with Crippen LogP contribution in [0.3, 0.4) is 0 Å². The van der Waals surface area contributed by atoms with Crippen LogP contribution in [0.2, 0.25) is 0 Å². The van der Waals surface area contributed by atoms with Crippen molar-refractivity contribution in [3.8, 4) is 0 Å². The van der Waals surface area contributed by atoms with Gasteiger partial charge in [-0.25, -0.2) is 0 Å². The van der Waals surface area contributed by atoms with Gasteiger partial charge in [-0.15, -0.1) is 0 Å². The van der Waals surface area contributed by atoms with E-state index in [4.69, 9.17) is 0 Å². The van der Waals surface area contributed by atoms with Gasteiger partial charge in [-0.2, -0.15) is 0 Å². The van der Waals surface area contributed by atoms with Crippen molar-refractivity contribution < 1.29 is 0 Å². The van der Waals surface area contributed by atoms with E-state index >= 15 is 0 Å². The summed E-state index contributed by atoms with van der Waals surface area (Å²) in [5.41, 5.74) is 2.47. The van der Waals surface area contributed by atoms with Gasteiger partial charge in [0.15, 0.2) is 0 Å². The van der Waals surface area contributed by atoms with E-state index in [1.807, 2.05) is 45.1 Å². The van der Waals surface area contributed by atoms with Crippen LogP contribution in [-0.4, -0.2) is 0 Å². The highest BCUT2D eigenvalue weighted by molar-refractivity contribution is 5.40. The lowest BCUT2D eigenvalue weighted by Gasteiger charge is -2.01. The molecule has 0 fully saturated rings. The van der Waals surface area contributed by atoms with Gasteiger partial charge in [-0.3, -0.25) is 0 Å². The molecule has 0 nitrogen and oxygen atoms in total. The van der Waals surface area contributed by atoms with Crippen molar-refractivity contribution in [1.29, 1.82) is 0 Å². The third-order valence-electron chi connectivity index (χ3n) is 1.76. The van der Waals surface area contributed by atoms with Crippen LogP contribution in [0.5, 0.6) is 0 Å². The van der Waals surface area contributed by atoms with Crippen LogP contribution >= 0.6 is 0 Å². The van der Waals surface area contributed by atoms with Crippen LogP contribution in [0.4, 0.5) is 0 Å². The summed E-state index contributed by atoms with van der Waals surface area (Å²) < 4.78 is 0. The molecule has 0 heteroatoms. The molecule has 0 aromatic rings. The Balaban J connectivity index is -0.000000529. The average Bonchev–Trinajstić information content (AvgIpc) is 2.30. The molecule has 0 aliphatic rings. The second kappa shape index (κ2) is 16.1. The first kappa shape index (κ1) is 20.2. The smallest absolute Gasteiger partial charge is 0.0228 e. The number of allylic oxidation sites excluding steroid dienone is 8. The molecule has 92 valence electrons. The highest BCUT2D eigenvalue weighted by Crippen LogP contribution is 2.12. The van der Waals surface area contributed by atoms with Crippen molar-refractivity contribution in [3.05, 3.63) is 60.8 Å². The molecular formula is C16H28. The van der Waals surface area contributed by atoms with Crippen molar-refractivity contribution in [1.82, 2.24) is 0 Å². The zero-order chi connectivity index (χ0) is 12.1. The Kier molecular flexibility index (Phi) is 20.3. The van der Waals surface area contributed by atoms with Crippen LogP contribution < -0.4 is 0 Å². The van der Waals surface area contributed by atoms with Crippen LogP contribution in [-0.2, 0) is 0 Å². The van der Waals surface area contributed by atoms with Crippen LogP contribution in [0, 0.1) is 0 Å². The lowest BCUT2D eigenvalue weighted by atomic mass is 10.0. The number of hydrogen-bond donors (Lipinski definition) is 0. The summed E-state index contributed by atoms with van der Waals surface area (Å²) in [4.78, 5) is 0. The van der Waals surface area contributed by atoms with Crippen molar-refractivity contribution in [2.45, 2.75) is 41.5 Å². The van der Waals surface area contributed by atoms with Gasteiger partial charge >= 0.3 is 0 Å². The minimum absolute atomic E-state index is 0. The minimum atomic E-state index is 0. The largest absolute Gasteiger partial charge is 0.0991 e.